The van der Waals surface area contributed by atoms with Crippen molar-refractivity contribution in [2.45, 2.75) is 89.8 Å². The normalized spacial score (nSPS) is 18.9. The second-order valence-electron chi connectivity index (χ2n) is 12.1. The zero-order valence-electron chi connectivity index (χ0n) is 24.8. The van der Waals surface area contributed by atoms with Crippen molar-refractivity contribution in [3.05, 3.63) is 41.5 Å². The first-order valence-corrected chi connectivity index (χ1v) is 16.1. The summed E-state index contributed by atoms with van der Waals surface area (Å²) in [5, 5.41) is 10.6. The molecule has 0 bridgehead atoms. The Morgan fingerprint density at radius 2 is 1.49 bits per heavy atom. The lowest BCUT2D eigenvalue weighted by Crippen LogP contribution is -2.50. The Kier molecular flexibility index (Phi) is 11.1. The lowest BCUT2D eigenvalue weighted by atomic mass is 9.88. The number of benzene rings is 1. The quantitative estimate of drug-likeness (QED) is 0.284. The molecule has 0 spiro atoms. The number of carbonyl (C=O) groups excluding carboxylic acids is 1. The van der Waals surface area contributed by atoms with Gasteiger partial charge in [0.05, 0.1) is 0 Å². The van der Waals surface area contributed by atoms with Crippen LogP contribution in [0, 0.1) is 5.92 Å². The van der Waals surface area contributed by atoms with Crippen LogP contribution >= 0.6 is 0 Å². The van der Waals surface area contributed by atoms with Crippen molar-refractivity contribution in [2.24, 2.45) is 5.92 Å². The second-order valence-corrected chi connectivity index (χ2v) is 12.1. The van der Waals surface area contributed by atoms with E-state index in [1.807, 2.05) is 11.0 Å². The summed E-state index contributed by atoms with van der Waals surface area (Å²) in [6, 6.07) is 11.3. The first-order chi connectivity index (χ1) is 20.1. The minimum absolute atomic E-state index is 0.226. The molecule has 9 heteroatoms. The number of nitrogens with zero attached hydrogens (tertiary/aromatic N) is 4. The number of nitrogens with one attached hydrogen (secondary N) is 3. The number of nitrogen functional groups attached to an aromatic ring is 1. The Bertz CT molecular complexity index is 1070. The van der Waals surface area contributed by atoms with Crippen molar-refractivity contribution in [3.63, 3.8) is 0 Å². The lowest BCUT2D eigenvalue weighted by molar-refractivity contribution is -0.136. The van der Waals surface area contributed by atoms with Gasteiger partial charge in [0, 0.05) is 57.3 Å². The van der Waals surface area contributed by atoms with Crippen molar-refractivity contribution in [2.75, 3.05) is 55.2 Å². The van der Waals surface area contributed by atoms with Gasteiger partial charge in [-0.2, -0.15) is 9.97 Å². The molecule has 2 saturated carbocycles. The van der Waals surface area contributed by atoms with Gasteiger partial charge in [0.1, 0.15) is 11.6 Å². The van der Waals surface area contributed by atoms with E-state index in [4.69, 9.17) is 10.7 Å². The maximum atomic E-state index is 12.9. The summed E-state index contributed by atoms with van der Waals surface area (Å²) in [4.78, 5) is 26.3. The Morgan fingerprint density at radius 3 is 2.20 bits per heavy atom. The van der Waals surface area contributed by atoms with Crippen molar-refractivity contribution < 1.29 is 4.79 Å². The molecule has 5 N–H and O–H groups in total. The predicted octanol–water partition coefficient (Wildman–Crippen LogP) is 4.30. The number of nitrogens with two attached hydrogens (primary N) is 1. The average molecular weight is 563 g/mol. The van der Waals surface area contributed by atoms with E-state index in [0.717, 1.165) is 76.9 Å². The smallest absolute Gasteiger partial charge is 0.226 e. The molecule has 1 saturated heterocycles. The zero-order chi connectivity index (χ0) is 28.3. The number of amides is 1. The first kappa shape index (κ1) is 29.6. The molecule has 2 aromatic rings. The molecule has 1 aliphatic heterocycles. The van der Waals surface area contributed by atoms with E-state index in [1.165, 1.54) is 62.5 Å². The standard InChI is InChI=1S/C32H50N8O/c33-29-22-30(39-18-20-40(21-19-39)31(41)27-8-3-1-4-9-27)38-32(37-29)36-24-26-14-12-25(13-15-26)23-34-16-7-17-35-28-10-5-2-6-11-28/h12-15,22,27-28,34-35H,1-11,16-21,23-24H2,(H3,33,36,37,38). The molecule has 0 radical (unpaired) electrons. The highest BCUT2D eigenvalue weighted by atomic mass is 16.2. The van der Waals surface area contributed by atoms with E-state index >= 15 is 0 Å². The maximum Gasteiger partial charge on any atom is 0.226 e. The first-order valence-electron chi connectivity index (χ1n) is 16.1. The number of piperazine rings is 1. The topological polar surface area (TPSA) is 111 Å². The van der Waals surface area contributed by atoms with Crippen LogP contribution in [0.3, 0.4) is 0 Å². The summed E-state index contributed by atoms with van der Waals surface area (Å²) < 4.78 is 0. The van der Waals surface area contributed by atoms with Crippen LogP contribution < -0.4 is 26.6 Å². The Balaban J connectivity index is 1.02. The van der Waals surface area contributed by atoms with E-state index in [9.17, 15) is 4.79 Å². The molecule has 2 aliphatic carbocycles. The molecule has 2 heterocycles. The van der Waals surface area contributed by atoms with Gasteiger partial charge in [-0.15, -0.1) is 0 Å². The highest BCUT2D eigenvalue weighted by Gasteiger charge is 2.29. The lowest BCUT2D eigenvalue weighted by Gasteiger charge is -2.37. The molecule has 1 amide bonds. The van der Waals surface area contributed by atoms with Gasteiger partial charge in [0.25, 0.3) is 0 Å². The van der Waals surface area contributed by atoms with Gasteiger partial charge in [-0.3, -0.25) is 4.79 Å². The van der Waals surface area contributed by atoms with Crippen LogP contribution in [0.5, 0.6) is 0 Å². The number of hydrogen-bond donors (Lipinski definition) is 4. The van der Waals surface area contributed by atoms with Crippen molar-refractivity contribution in [1.82, 2.24) is 25.5 Å². The summed E-state index contributed by atoms with van der Waals surface area (Å²) in [5.74, 6) is 2.38. The van der Waals surface area contributed by atoms with Crippen molar-refractivity contribution in [1.29, 1.82) is 0 Å². The summed E-state index contributed by atoms with van der Waals surface area (Å²) in [5.41, 5.74) is 8.61. The fourth-order valence-electron chi connectivity index (χ4n) is 6.47. The molecule has 3 fully saturated rings. The highest BCUT2D eigenvalue weighted by Crippen LogP contribution is 2.26. The van der Waals surface area contributed by atoms with E-state index in [-0.39, 0.29) is 5.92 Å². The third kappa shape index (κ3) is 9.04. The number of rotatable bonds is 12. The fraction of sp³-hybridized carbons (Fsp3) is 0.656. The maximum absolute atomic E-state index is 12.9. The number of aromatic nitrogens is 2. The van der Waals surface area contributed by atoms with Gasteiger partial charge in [0.2, 0.25) is 11.9 Å². The van der Waals surface area contributed by atoms with Gasteiger partial charge in [0.15, 0.2) is 0 Å². The van der Waals surface area contributed by atoms with E-state index in [1.54, 1.807) is 0 Å². The number of carbonyl (C=O) groups is 1. The van der Waals surface area contributed by atoms with Crippen LogP contribution in [0.15, 0.2) is 30.3 Å². The minimum atomic E-state index is 0.226. The van der Waals surface area contributed by atoms with E-state index < -0.39 is 0 Å². The van der Waals surface area contributed by atoms with E-state index in [0.29, 0.717) is 24.2 Å². The highest BCUT2D eigenvalue weighted by molar-refractivity contribution is 5.79. The minimum Gasteiger partial charge on any atom is -0.383 e. The Morgan fingerprint density at radius 1 is 0.829 bits per heavy atom. The molecular formula is C32H50N8O. The van der Waals surface area contributed by atoms with Gasteiger partial charge < -0.3 is 31.5 Å². The third-order valence-corrected chi connectivity index (χ3v) is 8.97. The van der Waals surface area contributed by atoms with Crippen LogP contribution in [0.4, 0.5) is 17.6 Å². The van der Waals surface area contributed by atoms with Crippen molar-refractivity contribution >= 4 is 23.5 Å². The number of anilines is 3. The van der Waals surface area contributed by atoms with Crippen LogP contribution in [0.2, 0.25) is 0 Å². The van der Waals surface area contributed by atoms with Gasteiger partial charge in [-0.1, -0.05) is 62.8 Å². The largest absolute Gasteiger partial charge is 0.383 e. The van der Waals surface area contributed by atoms with Gasteiger partial charge >= 0.3 is 0 Å². The Labute approximate surface area is 246 Å². The molecule has 224 valence electrons. The second kappa shape index (κ2) is 15.4. The average Bonchev–Trinajstić information content (AvgIpc) is 3.02. The molecular weight excluding hydrogens is 512 g/mol. The monoisotopic (exact) mass is 562 g/mol. The number of hydrogen-bond acceptors (Lipinski definition) is 8. The fourth-order valence-corrected chi connectivity index (χ4v) is 6.47. The third-order valence-electron chi connectivity index (χ3n) is 8.97. The SMILES string of the molecule is Nc1cc(N2CCN(C(=O)C3CCCCC3)CC2)nc(NCc2ccc(CNCCCNC3CCCCC3)cc2)n1. The van der Waals surface area contributed by atoms with Crippen LogP contribution in [-0.4, -0.2) is 66.1 Å². The van der Waals surface area contributed by atoms with Crippen LogP contribution in [0.25, 0.3) is 0 Å². The van der Waals surface area contributed by atoms with Gasteiger partial charge in [-0.05, 0) is 56.3 Å². The van der Waals surface area contributed by atoms with Crippen LogP contribution in [-0.2, 0) is 17.9 Å². The summed E-state index contributed by atoms with van der Waals surface area (Å²) in [6.45, 7) is 6.66. The van der Waals surface area contributed by atoms with Crippen molar-refractivity contribution in [3.8, 4) is 0 Å². The van der Waals surface area contributed by atoms with Crippen LogP contribution in [0.1, 0.15) is 81.8 Å². The molecule has 0 atom stereocenters. The summed E-state index contributed by atoms with van der Waals surface area (Å²) >= 11 is 0. The van der Waals surface area contributed by atoms with E-state index in [2.05, 4.69) is 50.1 Å². The Hall–Kier alpha value is -2.91. The molecule has 1 aromatic heterocycles. The summed E-state index contributed by atoms with van der Waals surface area (Å²) in [7, 11) is 0. The zero-order valence-corrected chi connectivity index (χ0v) is 24.8. The molecule has 1 aromatic carbocycles. The molecule has 5 rings (SSSR count). The molecule has 41 heavy (non-hydrogen) atoms. The predicted molar refractivity (Wildman–Crippen MR) is 167 cm³/mol. The summed E-state index contributed by atoms with van der Waals surface area (Å²) in [6.07, 6.45) is 13.8. The van der Waals surface area contributed by atoms with Gasteiger partial charge in [-0.25, -0.2) is 0 Å². The molecule has 3 aliphatic rings. The molecule has 9 nitrogen and oxygen atoms in total. The molecule has 0 unspecified atom stereocenters.